The molecule has 6 nitrogen and oxygen atoms in total. The average Bonchev–Trinajstić information content (AvgIpc) is 3.26. The Morgan fingerprint density at radius 2 is 2.21 bits per heavy atom. The normalized spacial score (nSPS) is 15.6. The third-order valence-corrected chi connectivity index (χ3v) is 5.19. The summed E-state index contributed by atoms with van der Waals surface area (Å²) in [4.78, 5) is 21.5. The second-order valence-electron chi connectivity index (χ2n) is 7.06. The van der Waals surface area contributed by atoms with Crippen LogP contribution in [0.15, 0.2) is 23.5 Å². The number of hydrogen-bond donors (Lipinski definition) is 0. The molecule has 2 aromatic heterocycles. The zero-order chi connectivity index (χ0) is 17.3. The molecule has 0 unspecified atom stereocenters. The molecule has 24 heavy (non-hydrogen) atoms. The molecule has 3 rings (SSSR count). The van der Waals surface area contributed by atoms with Gasteiger partial charge < -0.3 is 4.74 Å². The van der Waals surface area contributed by atoms with Crippen molar-refractivity contribution in [2.24, 2.45) is 10.9 Å². The molecule has 7 heteroatoms. The van der Waals surface area contributed by atoms with E-state index in [1.165, 1.54) is 37.5 Å². The zero-order valence-electron chi connectivity index (χ0n) is 14.4. The van der Waals surface area contributed by atoms with E-state index in [1.54, 1.807) is 12.3 Å². The summed E-state index contributed by atoms with van der Waals surface area (Å²) in [5, 5.41) is 5.67. The van der Waals surface area contributed by atoms with Crippen LogP contribution in [0, 0.1) is 5.92 Å². The van der Waals surface area contributed by atoms with E-state index in [9.17, 15) is 4.79 Å². The average molecular weight is 346 g/mol. The number of methoxy groups -OCH3 is 1. The number of nitrogens with zero attached hydrogens (tertiary/aromatic N) is 4. The van der Waals surface area contributed by atoms with Crippen LogP contribution in [0.25, 0.3) is 0 Å². The van der Waals surface area contributed by atoms with Gasteiger partial charge >= 0.3 is 0 Å². The molecule has 1 aliphatic carbocycles. The lowest BCUT2D eigenvalue weighted by Crippen LogP contribution is -2.20. The van der Waals surface area contributed by atoms with Crippen molar-refractivity contribution >= 4 is 17.2 Å². The van der Waals surface area contributed by atoms with E-state index in [4.69, 9.17) is 9.84 Å². The molecule has 1 aliphatic rings. The topological polar surface area (TPSA) is 69.4 Å². The number of rotatable bonds is 4. The third-order valence-electron chi connectivity index (χ3n) is 3.82. The molecule has 0 saturated heterocycles. The maximum absolute atomic E-state index is 12.6. The van der Waals surface area contributed by atoms with Crippen LogP contribution in [0.3, 0.4) is 0 Å². The Morgan fingerprint density at radius 3 is 2.83 bits per heavy atom. The van der Waals surface area contributed by atoms with Gasteiger partial charge in [-0.25, -0.2) is 4.68 Å². The highest BCUT2D eigenvalue weighted by atomic mass is 32.1. The molecule has 0 aliphatic heterocycles. The zero-order valence-corrected chi connectivity index (χ0v) is 15.3. The number of aromatic nitrogens is 3. The number of carbonyl (C=O) groups is 1. The van der Waals surface area contributed by atoms with E-state index in [-0.39, 0.29) is 11.3 Å². The summed E-state index contributed by atoms with van der Waals surface area (Å²) < 4.78 is 7.11. The van der Waals surface area contributed by atoms with Gasteiger partial charge in [-0.15, -0.1) is 0 Å². The third kappa shape index (κ3) is 3.72. The molecule has 0 N–H and O–H groups in total. The highest BCUT2D eigenvalue weighted by molar-refractivity contribution is 7.09. The summed E-state index contributed by atoms with van der Waals surface area (Å²) in [5.41, 5.74) is 0.294. The number of hydrogen-bond acceptors (Lipinski definition) is 5. The quantitative estimate of drug-likeness (QED) is 0.853. The summed E-state index contributed by atoms with van der Waals surface area (Å²) in [6.07, 6.45) is 5.52. The minimum atomic E-state index is -0.353. The van der Waals surface area contributed by atoms with Gasteiger partial charge in [-0.2, -0.15) is 10.1 Å². The van der Waals surface area contributed by atoms with Crippen molar-refractivity contribution in [1.29, 1.82) is 0 Å². The summed E-state index contributed by atoms with van der Waals surface area (Å²) in [5.74, 6) is 0.781. The summed E-state index contributed by atoms with van der Waals surface area (Å²) in [7, 11) is 1.53. The van der Waals surface area contributed by atoms with Gasteiger partial charge in [0.15, 0.2) is 0 Å². The van der Waals surface area contributed by atoms with Gasteiger partial charge in [-0.3, -0.25) is 9.78 Å². The Balaban J connectivity index is 2.01. The Kier molecular flexibility index (Phi) is 4.54. The fourth-order valence-electron chi connectivity index (χ4n) is 2.23. The van der Waals surface area contributed by atoms with Crippen molar-refractivity contribution in [1.82, 2.24) is 14.8 Å². The van der Waals surface area contributed by atoms with Gasteiger partial charge in [0.2, 0.25) is 4.80 Å². The highest BCUT2D eigenvalue weighted by Gasteiger charge is 2.26. The standard InChI is InChI=1S/C17H22N4O2S/c1-17(2,3)15-20-21(10-11-5-6-11)16(24-15)19-14(22)12-9-18-8-7-13(12)23-4/h7-9,11H,5-6,10H2,1-4H3/b19-16-. The Morgan fingerprint density at radius 1 is 1.46 bits per heavy atom. The van der Waals surface area contributed by atoms with E-state index in [0.717, 1.165) is 11.6 Å². The maximum atomic E-state index is 12.6. The first-order chi connectivity index (χ1) is 11.4. The molecule has 1 amide bonds. The molecule has 2 heterocycles. The predicted octanol–water partition coefficient (Wildman–Crippen LogP) is 2.80. The lowest BCUT2D eigenvalue weighted by atomic mass is 9.98. The Bertz CT molecular complexity index is 812. The van der Waals surface area contributed by atoms with Gasteiger partial charge in [0, 0.05) is 24.4 Å². The largest absolute Gasteiger partial charge is 0.496 e. The van der Waals surface area contributed by atoms with Gasteiger partial charge in [0.1, 0.15) is 16.3 Å². The lowest BCUT2D eigenvalue weighted by molar-refractivity contribution is 0.0994. The molecule has 1 fully saturated rings. The highest BCUT2D eigenvalue weighted by Crippen LogP contribution is 2.30. The number of pyridine rings is 1. The first kappa shape index (κ1) is 16.8. The van der Waals surface area contributed by atoms with Crippen LogP contribution in [0.1, 0.15) is 49.0 Å². The fourth-order valence-corrected chi connectivity index (χ4v) is 3.19. The molecule has 2 aromatic rings. The SMILES string of the molecule is COc1ccncc1C(=O)/N=c1\sc(C(C)(C)C)nn1CC1CC1. The fraction of sp³-hybridized carbons (Fsp3) is 0.529. The number of carbonyl (C=O) groups excluding carboxylic acids is 1. The van der Waals surface area contributed by atoms with Gasteiger partial charge in [0.05, 0.1) is 7.11 Å². The summed E-state index contributed by atoms with van der Waals surface area (Å²) in [6.45, 7) is 7.16. The molecule has 128 valence electrons. The molecule has 0 aromatic carbocycles. The van der Waals surface area contributed by atoms with Crippen LogP contribution in [0.2, 0.25) is 0 Å². The molecule has 0 bridgehead atoms. The lowest BCUT2D eigenvalue weighted by Gasteiger charge is -2.12. The number of amides is 1. The van der Waals surface area contributed by atoms with Crippen molar-refractivity contribution in [3.05, 3.63) is 33.8 Å². The van der Waals surface area contributed by atoms with Crippen molar-refractivity contribution in [3.63, 3.8) is 0 Å². The van der Waals surface area contributed by atoms with Crippen molar-refractivity contribution in [2.45, 2.75) is 45.6 Å². The number of ether oxygens (including phenoxy) is 1. The van der Waals surface area contributed by atoms with Crippen LogP contribution >= 0.6 is 11.3 Å². The van der Waals surface area contributed by atoms with Crippen LogP contribution in [-0.4, -0.2) is 27.8 Å². The van der Waals surface area contributed by atoms with Crippen LogP contribution in [-0.2, 0) is 12.0 Å². The molecular weight excluding hydrogens is 324 g/mol. The van der Waals surface area contributed by atoms with E-state index in [0.29, 0.717) is 22.0 Å². The van der Waals surface area contributed by atoms with Gasteiger partial charge in [-0.1, -0.05) is 32.1 Å². The molecule has 0 spiro atoms. The monoisotopic (exact) mass is 346 g/mol. The molecular formula is C17H22N4O2S. The first-order valence-corrected chi connectivity index (χ1v) is 8.85. The second-order valence-corrected chi connectivity index (χ2v) is 8.01. The molecule has 0 radical (unpaired) electrons. The van der Waals surface area contributed by atoms with E-state index >= 15 is 0 Å². The van der Waals surface area contributed by atoms with E-state index in [1.807, 2.05) is 4.68 Å². The minimum absolute atomic E-state index is 0.0707. The Labute approximate surface area is 145 Å². The van der Waals surface area contributed by atoms with E-state index in [2.05, 4.69) is 30.7 Å². The van der Waals surface area contributed by atoms with Crippen LogP contribution < -0.4 is 9.54 Å². The van der Waals surface area contributed by atoms with Crippen LogP contribution in [0.4, 0.5) is 0 Å². The van der Waals surface area contributed by atoms with Crippen molar-refractivity contribution in [3.8, 4) is 5.75 Å². The summed E-state index contributed by atoms with van der Waals surface area (Å²) in [6, 6.07) is 1.66. The maximum Gasteiger partial charge on any atom is 0.285 e. The van der Waals surface area contributed by atoms with Gasteiger partial charge in [-0.05, 0) is 24.8 Å². The van der Waals surface area contributed by atoms with Crippen molar-refractivity contribution < 1.29 is 9.53 Å². The molecule has 1 saturated carbocycles. The van der Waals surface area contributed by atoms with Gasteiger partial charge in [0.25, 0.3) is 5.91 Å². The Hall–Kier alpha value is -2.02. The molecule has 0 atom stereocenters. The first-order valence-electron chi connectivity index (χ1n) is 8.04. The minimum Gasteiger partial charge on any atom is -0.496 e. The van der Waals surface area contributed by atoms with Crippen LogP contribution in [0.5, 0.6) is 5.75 Å². The summed E-state index contributed by atoms with van der Waals surface area (Å²) >= 11 is 1.48. The smallest absolute Gasteiger partial charge is 0.285 e. The van der Waals surface area contributed by atoms with E-state index < -0.39 is 0 Å². The van der Waals surface area contributed by atoms with Crippen molar-refractivity contribution in [2.75, 3.05) is 7.11 Å². The predicted molar refractivity (Wildman–Crippen MR) is 92.2 cm³/mol. The second kappa shape index (κ2) is 6.47.